The molecule has 90 valence electrons. The molecule has 0 saturated carbocycles. The van der Waals surface area contributed by atoms with Crippen LogP contribution in [0.4, 0.5) is 0 Å². The maximum absolute atomic E-state index is 4.30. The zero-order valence-electron chi connectivity index (χ0n) is 10.4. The van der Waals surface area contributed by atoms with E-state index in [9.17, 15) is 0 Å². The van der Waals surface area contributed by atoms with Gasteiger partial charge in [0.1, 0.15) is 0 Å². The summed E-state index contributed by atoms with van der Waals surface area (Å²) in [5.41, 5.74) is 3.92. The number of para-hydroxylation sites is 1. The summed E-state index contributed by atoms with van der Waals surface area (Å²) in [4.78, 5) is 0. The van der Waals surface area contributed by atoms with Gasteiger partial charge in [0.2, 0.25) is 0 Å². The van der Waals surface area contributed by atoms with Gasteiger partial charge in [-0.05, 0) is 18.1 Å². The van der Waals surface area contributed by atoms with Gasteiger partial charge in [-0.3, -0.25) is 5.10 Å². The van der Waals surface area contributed by atoms with Gasteiger partial charge >= 0.3 is 0 Å². The molecule has 0 amide bonds. The molecule has 3 rings (SSSR count). The SMILES string of the molecule is CC(C)c1ccc(-c2cccc3cn[nH]c23)nn1. The molecule has 0 fully saturated rings. The van der Waals surface area contributed by atoms with Crippen LogP contribution in [0.15, 0.2) is 36.5 Å². The van der Waals surface area contributed by atoms with Crippen molar-refractivity contribution in [3.05, 3.63) is 42.2 Å². The third-order valence-corrected chi connectivity index (χ3v) is 3.03. The molecule has 0 aliphatic carbocycles. The van der Waals surface area contributed by atoms with Gasteiger partial charge in [-0.15, -0.1) is 0 Å². The molecular weight excluding hydrogens is 224 g/mol. The van der Waals surface area contributed by atoms with E-state index in [4.69, 9.17) is 0 Å². The van der Waals surface area contributed by atoms with E-state index in [1.807, 2.05) is 36.5 Å². The lowest BCUT2D eigenvalue weighted by Crippen LogP contribution is -1.96. The number of nitrogens with zero attached hydrogens (tertiary/aromatic N) is 3. The lowest BCUT2D eigenvalue weighted by molar-refractivity contribution is 0.787. The molecule has 1 N–H and O–H groups in total. The van der Waals surface area contributed by atoms with Gasteiger partial charge in [-0.2, -0.15) is 15.3 Å². The van der Waals surface area contributed by atoms with E-state index in [1.165, 1.54) is 0 Å². The molecule has 0 unspecified atom stereocenters. The first-order valence-electron chi connectivity index (χ1n) is 6.02. The Morgan fingerprint density at radius 2 is 1.94 bits per heavy atom. The Hall–Kier alpha value is -2.23. The topological polar surface area (TPSA) is 54.5 Å². The van der Waals surface area contributed by atoms with Crippen molar-refractivity contribution < 1.29 is 0 Å². The number of hydrogen-bond acceptors (Lipinski definition) is 3. The first-order valence-corrected chi connectivity index (χ1v) is 6.02. The molecule has 3 aromatic rings. The second kappa shape index (κ2) is 4.22. The Balaban J connectivity index is 2.11. The number of fused-ring (bicyclic) bond motifs is 1. The molecule has 0 spiro atoms. The fourth-order valence-corrected chi connectivity index (χ4v) is 1.98. The zero-order valence-corrected chi connectivity index (χ0v) is 10.4. The number of H-pyrrole nitrogens is 1. The van der Waals surface area contributed by atoms with Crippen molar-refractivity contribution >= 4 is 10.9 Å². The maximum atomic E-state index is 4.30. The van der Waals surface area contributed by atoms with Crippen molar-refractivity contribution in [3.63, 3.8) is 0 Å². The molecule has 0 bridgehead atoms. The van der Waals surface area contributed by atoms with Crippen molar-refractivity contribution in [2.24, 2.45) is 0 Å². The number of hydrogen-bond donors (Lipinski definition) is 1. The number of aromatic nitrogens is 4. The number of benzene rings is 1. The van der Waals surface area contributed by atoms with Gasteiger partial charge in [0.05, 0.1) is 23.1 Å². The second-order valence-corrected chi connectivity index (χ2v) is 4.64. The molecule has 0 saturated heterocycles. The van der Waals surface area contributed by atoms with E-state index in [0.717, 1.165) is 27.9 Å². The molecule has 2 aromatic heterocycles. The maximum Gasteiger partial charge on any atom is 0.0951 e. The van der Waals surface area contributed by atoms with E-state index in [1.54, 1.807) is 0 Å². The van der Waals surface area contributed by atoms with Crippen molar-refractivity contribution in [1.82, 2.24) is 20.4 Å². The standard InChI is InChI=1S/C14H14N4/c1-9(2)12-6-7-13(17-16-12)11-5-3-4-10-8-15-18-14(10)11/h3-9H,1-2H3,(H,15,18). The van der Waals surface area contributed by atoms with E-state index in [-0.39, 0.29) is 0 Å². The Labute approximate surface area is 105 Å². The van der Waals surface area contributed by atoms with Crippen LogP contribution in [-0.2, 0) is 0 Å². The average molecular weight is 238 g/mol. The molecule has 1 aromatic carbocycles. The van der Waals surface area contributed by atoms with Crippen molar-refractivity contribution in [1.29, 1.82) is 0 Å². The van der Waals surface area contributed by atoms with Crippen LogP contribution in [0.25, 0.3) is 22.2 Å². The van der Waals surface area contributed by atoms with Gasteiger partial charge in [-0.1, -0.05) is 32.0 Å². The van der Waals surface area contributed by atoms with Crippen LogP contribution in [0.2, 0.25) is 0 Å². The smallest absolute Gasteiger partial charge is 0.0951 e. The number of aromatic amines is 1. The predicted octanol–water partition coefficient (Wildman–Crippen LogP) is 3.14. The van der Waals surface area contributed by atoms with Gasteiger partial charge in [0.25, 0.3) is 0 Å². The molecule has 0 aliphatic rings. The Kier molecular flexibility index (Phi) is 2.55. The average Bonchev–Trinajstić information content (AvgIpc) is 2.87. The van der Waals surface area contributed by atoms with Crippen LogP contribution < -0.4 is 0 Å². The Morgan fingerprint density at radius 3 is 2.67 bits per heavy atom. The van der Waals surface area contributed by atoms with Crippen molar-refractivity contribution in [2.45, 2.75) is 19.8 Å². The highest BCUT2D eigenvalue weighted by Gasteiger charge is 2.08. The van der Waals surface area contributed by atoms with Crippen LogP contribution >= 0.6 is 0 Å². The summed E-state index contributed by atoms with van der Waals surface area (Å²) in [6.07, 6.45) is 1.81. The first kappa shape index (κ1) is 10.9. The Bertz CT molecular complexity index is 668. The first-order chi connectivity index (χ1) is 8.75. The van der Waals surface area contributed by atoms with Crippen LogP contribution in [0.5, 0.6) is 0 Å². The molecule has 18 heavy (non-hydrogen) atoms. The quantitative estimate of drug-likeness (QED) is 0.746. The molecule has 0 aliphatic heterocycles. The normalized spacial score (nSPS) is 11.3. The van der Waals surface area contributed by atoms with E-state index in [2.05, 4.69) is 34.2 Å². The lowest BCUT2D eigenvalue weighted by Gasteiger charge is -2.05. The van der Waals surface area contributed by atoms with E-state index < -0.39 is 0 Å². The molecular formula is C14H14N4. The third-order valence-electron chi connectivity index (χ3n) is 3.03. The minimum absolute atomic E-state index is 0.398. The highest BCUT2D eigenvalue weighted by Crippen LogP contribution is 2.25. The predicted molar refractivity (Wildman–Crippen MR) is 71.2 cm³/mol. The van der Waals surface area contributed by atoms with Crippen molar-refractivity contribution in [2.75, 3.05) is 0 Å². The number of rotatable bonds is 2. The summed E-state index contributed by atoms with van der Waals surface area (Å²) >= 11 is 0. The minimum atomic E-state index is 0.398. The van der Waals surface area contributed by atoms with Crippen LogP contribution in [0.3, 0.4) is 0 Å². The van der Waals surface area contributed by atoms with E-state index >= 15 is 0 Å². The molecule has 4 heteroatoms. The van der Waals surface area contributed by atoms with E-state index in [0.29, 0.717) is 5.92 Å². The summed E-state index contributed by atoms with van der Waals surface area (Å²) in [6.45, 7) is 4.22. The lowest BCUT2D eigenvalue weighted by atomic mass is 10.1. The van der Waals surface area contributed by atoms with Gasteiger partial charge in [0.15, 0.2) is 0 Å². The molecule has 4 nitrogen and oxygen atoms in total. The second-order valence-electron chi connectivity index (χ2n) is 4.64. The van der Waals surface area contributed by atoms with Crippen molar-refractivity contribution in [3.8, 4) is 11.3 Å². The molecule has 0 radical (unpaired) electrons. The largest absolute Gasteiger partial charge is 0.277 e. The Morgan fingerprint density at radius 1 is 1.06 bits per heavy atom. The fourth-order valence-electron chi connectivity index (χ4n) is 1.98. The minimum Gasteiger partial charge on any atom is -0.277 e. The van der Waals surface area contributed by atoms with Gasteiger partial charge in [0, 0.05) is 10.9 Å². The van der Waals surface area contributed by atoms with Crippen LogP contribution in [0.1, 0.15) is 25.5 Å². The van der Waals surface area contributed by atoms with Crippen LogP contribution in [-0.4, -0.2) is 20.4 Å². The fraction of sp³-hybridized carbons (Fsp3) is 0.214. The summed E-state index contributed by atoms with van der Waals surface area (Å²) in [6, 6.07) is 10.1. The summed E-state index contributed by atoms with van der Waals surface area (Å²) < 4.78 is 0. The van der Waals surface area contributed by atoms with Gasteiger partial charge in [-0.25, -0.2) is 0 Å². The number of nitrogens with one attached hydrogen (secondary N) is 1. The zero-order chi connectivity index (χ0) is 12.5. The summed E-state index contributed by atoms with van der Waals surface area (Å²) in [5.74, 6) is 0.398. The van der Waals surface area contributed by atoms with Gasteiger partial charge < -0.3 is 0 Å². The third kappa shape index (κ3) is 1.76. The highest BCUT2D eigenvalue weighted by molar-refractivity contribution is 5.92. The summed E-state index contributed by atoms with van der Waals surface area (Å²) in [7, 11) is 0. The molecule has 2 heterocycles. The summed E-state index contributed by atoms with van der Waals surface area (Å²) in [5, 5.41) is 16.7. The molecule has 0 atom stereocenters. The highest BCUT2D eigenvalue weighted by atomic mass is 15.1. The van der Waals surface area contributed by atoms with Crippen LogP contribution in [0, 0.1) is 0 Å². The monoisotopic (exact) mass is 238 g/mol.